The molecule has 1 aliphatic carbocycles. The van der Waals surface area contributed by atoms with E-state index in [0.29, 0.717) is 34.0 Å². The predicted octanol–water partition coefficient (Wildman–Crippen LogP) is 3.51. The lowest BCUT2D eigenvalue weighted by atomic mass is 10.1. The molecule has 2 aliphatic rings. The van der Waals surface area contributed by atoms with Gasteiger partial charge in [-0.25, -0.2) is 13.4 Å². The molecule has 1 amide bonds. The Morgan fingerprint density at radius 3 is 2.66 bits per heavy atom. The lowest BCUT2D eigenvalue weighted by molar-refractivity contribution is -0.132. The molecular formula is C22H28ClN3O4S2. The van der Waals surface area contributed by atoms with E-state index in [1.807, 2.05) is 11.8 Å². The first-order valence-corrected chi connectivity index (χ1v) is 14.3. The molecule has 0 unspecified atom stereocenters. The summed E-state index contributed by atoms with van der Waals surface area (Å²) in [4.78, 5) is 32.8. The van der Waals surface area contributed by atoms with Crippen LogP contribution in [0.15, 0.2) is 28.2 Å². The standard InChI is InChI=1S/C22H28ClN3O4S2/c1-2-10-25-21(28)18-8-7-15(23)12-19(18)24-22(25)31-13-20(27)26(16-5-3-4-6-16)17-9-11-32(29,30)14-17/h7-8,12,16-17H,2-6,9-11,13-14H2,1H3/t17-/m0/s1. The van der Waals surface area contributed by atoms with Crippen molar-refractivity contribution in [2.45, 2.75) is 69.2 Å². The minimum Gasteiger partial charge on any atom is -0.335 e. The van der Waals surface area contributed by atoms with Gasteiger partial charge in [-0.2, -0.15) is 0 Å². The van der Waals surface area contributed by atoms with E-state index >= 15 is 0 Å². The Bertz CT molecular complexity index is 1180. The summed E-state index contributed by atoms with van der Waals surface area (Å²) in [5.41, 5.74) is 0.373. The summed E-state index contributed by atoms with van der Waals surface area (Å²) in [6.45, 7) is 2.49. The Morgan fingerprint density at radius 2 is 2.00 bits per heavy atom. The van der Waals surface area contributed by atoms with Crippen molar-refractivity contribution in [2.75, 3.05) is 17.3 Å². The van der Waals surface area contributed by atoms with E-state index in [9.17, 15) is 18.0 Å². The van der Waals surface area contributed by atoms with E-state index in [1.165, 1.54) is 11.8 Å². The number of carbonyl (C=O) groups excluding carboxylic acids is 1. The highest BCUT2D eigenvalue weighted by Crippen LogP contribution is 2.30. The van der Waals surface area contributed by atoms with Crippen molar-refractivity contribution in [3.8, 4) is 0 Å². The molecule has 32 heavy (non-hydrogen) atoms. The van der Waals surface area contributed by atoms with Crippen LogP contribution in [-0.2, 0) is 21.2 Å². The first kappa shape index (κ1) is 23.6. The number of nitrogens with zero attached hydrogens (tertiary/aromatic N) is 3. The molecule has 0 bridgehead atoms. The molecule has 1 atom stereocenters. The van der Waals surface area contributed by atoms with Crippen LogP contribution in [0.2, 0.25) is 5.02 Å². The molecule has 2 aromatic rings. The normalized spacial score (nSPS) is 20.8. The van der Waals surface area contributed by atoms with Crippen LogP contribution in [0.5, 0.6) is 0 Å². The molecule has 0 N–H and O–H groups in total. The fourth-order valence-corrected chi connectivity index (χ4v) is 7.56. The van der Waals surface area contributed by atoms with Crippen LogP contribution in [0.1, 0.15) is 45.4 Å². The number of thioether (sulfide) groups is 1. The van der Waals surface area contributed by atoms with Crippen molar-refractivity contribution in [1.82, 2.24) is 14.5 Å². The fourth-order valence-electron chi connectivity index (χ4n) is 4.79. The summed E-state index contributed by atoms with van der Waals surface area (Å²) < 4.78 is 25.8. The lowest BCUT2D eigenvalue weighted by Gasteiger charge is -2.34. The molecule has 7 nitrogen and oxygen atoms in total. The quantitative estimate of drug-likeness (QED) is 0.429. The zero-order valence-electron chi connectivity index (χ0n) is 18.1. The number of aromatic nitrogens is 2. The van der Waals surface area contributed by atoms with E-state index in [-0.39, 0.29) is 40.8 Å². The molecule has 1 aliphatic heterocycles. The Morgan fingerprint density at radius 1 is 1.25 bits per heavy atom. The summed E-state index contributed by atoms with van der Waals surface area (Å²) in [6.07, 6.45) is 5.22. The molecule has 0 radical (unpaired) electrons. The Kier molecular flexibility index (Phi) is 7.17. The fraction of sp³-hybridized carbons (Fsp3) is 0.591. The van der Waals surface area contributed by atoms with E-state index < -0.39 is 9.84 Å². The second-order valence-corrected chi connectivity index (χ2v) is 12.2. The van der Waals surface area contributed by atoms with E-state index in [0.717, 1.165) is 32.1 Å². The Balaban J connectivity index is 1.60. The molecular weight excluding hydrogens is 470 g/mol. The number of hydrogen-bond donors (Lipinski definition) is 0. The van der Waals surface area contributed by atoms with Crippen molar-refractivity contribution in [1.29, 1.82) is 0 Å². The second-order valence-electron chi connectivity index (χ2n) is 8.60. The first-order chi connectivity index (χ1) is 15.3. The van der Waals surface area contributed by atoms with Crippen molar-refractivity contribution in [3.05, 3.63) is 33.6 Å². The summed E-state index contributed by atoms with van der Waals surface area (Å²) in [5, 5.41) is 1.49. The smallest absolute Gasteiger partial charge is 0.262 e. The van der Waals surface area contributed by atoms with Crippen molar-refractivity contribution < 1.29 is 13.2 Å². The number of hydrogen-bond acceptors (Lipinski definition) is 6. The summed E-state index contributed by atoms with van der Waals surface area (Å²) in [7, 11) is -3.09. The number of benzene rings is 1. The number of carbonyl (C=O) groups is 1. The van der Waals surface area contributed by atoms with E-state index in [2.05, 4.69) is 4.98 Å². The van der Waals surface area contributed by atoms with Gasteiger partial charge >= 0.3 is 0 Å². The summed E-state index contributed by atoms with van der Waals surface area (Å²) >= 11 is 7.34. The molecule has 2 fully saturated rings. The van der Waals surface area contributed by atoms with Crippen molar-refractivity contribution in [2.24, 2.45) is 0 Å². The number of amides is 1. The zero-order valence-corrected chi connectivity index (χ0v) is 20.5. The van der Waals surface area contributed by atoms with Gasteiger partial charge in [0.2, 0.25) is 5.91 Å². The number of rotatable bonds is 7. The molecule has 1 saturated heterocycles. The minimum absolute atomic E-state index is 0.0488. The second kappa shape index (κ2) is 9.73. The van der Waals surface area contributed by atoms with Crippen LogP contribution in [0.25, 0.3) is 10.9 Å². The monoisotopic (exact) mass is 497 g/mol. The van der Waals surface area contributed by atoms with Crippen LogP contribution in [0, 0.1) is 0 Å². The molecule has 1 saturated carbocycles. The van der Waals surface area contributed by atoms with Crippen LogP contribution < -0.4 is 5.56 Å². The van der Waals surface area contributed by atoms with Crippen molar-refractivity contribution in [3.63, 3.8) is 0 Å². The largest absolute Gasteiger partial charge is 0.335 e. The number of fused-ring (bicyclic) bond motifs is 1. The average molecular weight is 498 g/mol. The van der Waals surface area contributed by atoms with Gasteiger partial charge in [0.15, 0.2) is 15.0 Å². The minimum atomic E-state index is -3.09. The Labute approximate surface area is 197 Å². The van der Waals surface area contributed by atoms with Gasteiger partial charge in [0.25, 0.3) is 5.56 Å². The number of halogens is 1. The lowest BCUT2D eigenvalue weighted by Crippen LogP contribution is -2.47. The molecule has 1 aromatic heterocycles. The number of sulfone groups is 1. The van der Waals surface area contributed by atoms with Crippen LogP contribution in [0.3, 0.4) is 0 Å². The van der Waals surface area contributed by atoms with Crippen LogP contribution in [0.4, 0.5) is 0 Å². The molecule has 10 heteroatoms. The average Bonchev–Trinajstić information content (AvgIpc) is 3.39. The predicted molar refractivity (Wildman–Crippen MR) is 128 cm³/mol. The van der Waals surface area contributed by atoms with Crippen molar-refractivity contribution >= 4 is 50.0 Å². The third-order valence-electron chi connectivity index (χ3n) is 6.26. The van der Waals surface area contributed by atoms with Gasteiger partial charge in [0.1, 0.15) is 0 Å². The van der Waals surface area contributed by atoms with E-state index in [4.69, 9.17) is 11.6 Å². The van der Waals surface area contributed by atoms with Crippen LogP contribution >= 0.6 is 23.4 Å². The Hall–Kier alpha value is -1.58. The summed E-state index contributed by atoms with van der Waals surface area (Å²) in [6, 6.07) is 4.87. The molecule has 2 heterocycles. The van der Waals surface area contributed by atoms with Gasteiger partial charge in [-0.1, -0.05) is 43.1 Å². The highest BCUT2D eigenvalue weighted by atomic mass is 35.5. The highest BCUT2D eigenvalue weighted by Gasteiger charge is 2.39. The third kappa shape index (κ3) is 4.99. The van der Waals surface area contributed by atoms with Crippen LogP contribution in [-0.4, -0.2) is 58.1 Å². The van der Waals surface area contributed by atoms with E-state index in [1.54, 1.807) is 22.8 Å². The molecule has 1 aromatic carbocycles. The van der Waals surface area contributed by atoms with Gasteiger partial charge < -0.3 is 4.90 Å². The maximum Gasteiger partial charge on any atom is 0.262 e. The molecule has 174 valence electrons. The van der Waals surface area contributed by atoms with Gasteiger partial charge in [-0.3, -0.25) is 14.2 Å². The third-order valence-corrected chi connectivity index (χ3v) is 9.21. The highest BCUT2D eigenvalue weighted by molar-refractivity contribution is 7.99. The molecule has 0 spiro atoms. The van der Waals surface area contributed by atoms with Gasteiger partial charge in [-0.05, 0) is 43.9 Å². The van der Waals surface area contributed by atoms with Gasteiger partial charge in [0.05, 0.1) is 28.2 Å². The van der Waals surface area contributed by atoms with Gasteiger partial charge in [-0.15, -0.1) is 0 Å². The SMILES string of the molecule is CCCn1c(SCC(=O)N(C2CCCC2)[C@H]2CCS(=O)(=O)C2)nc2cc(Cl)ccc2c1=O. The van der Waals surface area contributed by atoms with Gasteiger partial charge in [0, 0.05) is 23.7 Å². The first-order valence-electron chi connectivity index (χ1n) is 11.1. The molecule has 4 rings (SSSR count). The summed E-state index contributed by atoms with van der Waals surface area (Å²) in [5.74, 6) is 0.236. The maximum atomic E-state index is 13.3. The maximum absolute atomic E-state index is 13.3. The topological polar surface area (TPSA) is 89.3 Å². The zero-order chi connectivity index (χ0) is 22.9.